The van der Waals surface area contributed by atoms with Gasteiger partial charge in [0, 0.05) is 9.75 Å². The zero-order chi connectivity index (χ0) is 25.4. The van der Waals surface area contributed by atoms with Crippen molar-refractivity contribution in [1.82, 2.24) is 0 Å². The fraction of sp³-hybridized carbons (Fsp3) is 0.462. The van der Waals surface area contributed by atoms with Gasteiger partial charge in [0.15, 0.2) is 34.5 Å². The monoisotopic (exact) mass is 592 g/mol. The van der Waals surface area contributed by atoms with E-state index in [9.17, 15) is 0 Å². The number of hydrogen-bond acceptors (Lipinski definition) is 12. The summed E-state index contributed by atoms with van der Waals surface area (Å²) in [6.07, 6.45) is -0.212. The minimum absolute atomic E-state index is 0.00589. The van der Waals surface area contributed by atoms with Crippen molar-refractivity contribution >= 4 is 50.7 Å². The normalized spacial score (nSPS) is 23.3. The highest BCUT2D eigenvalue weighted by molar-refractivity contribution is 8.09. The molecule has 0 radical (unpaired) electrons. The van der Waals surface area contributed by atoms with E-state index >= 15 is 0 Å². The Labute approximate surface area is 235 Å². The number of thiophene rings is 3. The van der Waals surface area contributed by atoms with E-state index in [1.807, 2.05) is 0 Å². The Morgan fingerprint density at radius 1 is 0.526 bits per heavy atom. The first-order valence-corrected chi connectivity index (χ1v) is 15.9. The van der Waals surface area contributed by atoms with Crippen molar-refractivity contribution < 1.29 is 37.9 Å². The summed E-state index contributed by atoms with van der Waals surface area (Å²) in [5.41, 5.74) is 0. The molecule has 200 valence electrons. The maximum atomic E-state index is 6.34. The number of fused-ring (bicyclic) bond motifs is 4. The van der Waals surface area contributed by atoms with E-state index in [4.69, 9.17) is 37.9 Å². The molecule has 0 N–H and O–H groups in total. The van der Waals surface area contributed by atoms with Crippen molar-refractivity contribution in [3.63, 3.8) is 0 Å². The molecule has 3 aromatic heterocycles. The van der Waals surface area contributed by atoms with Crippen molar-refractivity contribution in [1.29, 1.82) is 0 Å². The fourth-order valence-electron chi connectivity index (χ4n) is 5.31. The van der Waals surface area contributed by atoms with Crippen LogP contribution in [0.5, 0.6) is 34.5 Å². The predicted octanol–water partition coefficient (Wildman–Crippen LogP) is 6.04. The molecule has 0 bridgehead atoms. The molecule has 2 atom stereocenters. The zero-order valence-corrected chi connectivity index (χ0v) is 24.0. The van der Waals surface area contributed by atoms with Gasteiger partial charge in [0.25, 0.3) is 0 Å². The lowest BCUT2D eigenvalue weighted by atomic mass is 10.1. The Morgan fingerprint density at radius 3 is 1.79 bits per heavy atom. The zero-order valence-electron chi connectivity index (χ0n) is 20.7. The second-order valence-electron chi connectivity index (χ2n) is 9.21. The SMILES string of the molecule is Cc1sc(-c2sc(C3=C4OCCOC4C(c4sc(C)c5c4OCCO5)S3)c3c2OCCO3)c2c1OCCO2. The van der Waals surface area contributed by atoms with Crippen molar-refractivity contribution in [3.8, 4) is 44.3 Å². The van der Waals surface area contributed by atoms with Crippen molar-refractivity contribution in [2.45, 2.75) is 25.2 Å². The number of ether oxygens (including phenoxy) is 8. The van der Waals surface area contributed by atoms with E-state index in [0.717, 1.165) is 74.4 Å². The van der Waals surface area contributed by atoms with Gasteiger partial charge in [-0.2, -0.15) is 0 Å². The van der Waals surface area contributed by atoms with E-state index < -0.39 is 0 Å². The van der Waals surface area contributed by atoms with Gasteiger partial charge in [-0.05, 0) is 13.8 Å². The summed E-state index contributed by atoms with van der Waals surface area (Å²) in [5, 5.41) is -0.00589. The van der Waals surface area contributed by atoms with Crippen molar-refractivity contribution in [2.75, 3.05) is 52.9 Å². The van der Waals surface area contributed by atoms with Crippen molar-refractivity contribution in [3.05, 3.63) is 25.3 Å². The third-order valence-corrected chi connectivity index (χ3v) is 12.1. The summed E-state index contributed by atoms with van der Waals surface area (Å²) >= 11 is 6.79. The van der Waals surface area contributed by atoms with Crippen LogP contribution in [0.1, 0.15) is 24.8 Å². The standard InChI is InChI=1S/C26H24O8S4/c1-11-13-15(29-5-3-27-13)21(35-11)23-17-19(33-9-7-31-17)25(37-23)26-20-18(32-8-10-34-20)24(38-26)22-16-14(12(2)36-22)28-4-6-30-16/h17,23H,3-10H2,1-2H3. The Morgan fingerprint density at radius 2 is 1.05 bits per heavy atom. The Hall–Kier alpha value is -2.25. The van der Waals surface area contributed by atoms with Gasteiger partial charge in [-0.1, -0.05) is 0 Å². The molecule has 8 nitrogen and oxygen atoms in total. The first kappa shape index (κ1) is 23.6. The highest BCUT2D eigenvalue weighted by atomic mass is 32.2. The largest absolute Gasteiger partial charge is 0.491 e. The predicted molar refractivity (Wildman–Crippen MR) is 147 cm³/mol. The molecule has 0 amide bonds. The van der Waals surface area contributed by atoms with Gasteiger partial charge in [0.2, 0.25) is 0 Å². The molecule has 2 unspecified atom stereocenters. The molecule has 0 spiro atoms. The maximum absolute atomic E-state index is 6.34. The molecule has 0 aliphatic carbocycles. The third-order valence-electron chi connectivity index (χ3n) is 6.86. The molecule has 1 saturated heterocycles. The van der Waals surface area contributed by atoms with Crippen LogP contribution >= 0.6 is 45.8 Å². The maximum Gasteiger partial charge on any atom is 0.181 e. The molecule has 5 aliphatic rings. The van der Waals surface area contributed by atoms with E-state index in [1.54, 1.807) is 45.8 Å². The minimum Gasteiger partial charge on any atom is -0.491 e. The summed E-state index contributed by atoms with van der Waals surface area (Å²) in [7, 11) is 0. The van der Waals surface area contributed by atoms with Crippen LogP contribution in [0.3, 0.4) is 0 Å². The molecular weight excluding hydrogens is 569 g/mol. The van der Waals surface area contributed by atoms with Crippen LogP contribution in [-0.4, -0.2) is 59.0 Å². The lowest BCUT2D eigenvalue weighted by molar-refractivity contribution is -0.0391. The molecule has 0 aromatic carbocycles. The van der Waals surface area contributed by atoms with Gasteiger partial charge in [-0.25, -0.2) is 0 Å². The Balaban J connectivity index is 1.25. The highest BCUT2D eigenvalue weighted by Crippen LogP contribution is 2.65. The first-order valence-electron chi connectivity index (χ1n) is 12.5. The van der Waals surface area contributed by atoms with Crippen LogP contribution in [-0.2, 0) is 9.47 Å². The highest BCUT2D eigenvalue weighted by Gasteiger charge is 2.47. The lowest BCUT2D eigenvalue weighted by Crippen LogP contribution is -2.28. The van der Waals surface area contributed by atoms with Gasteiger partial charge in [0.05, 0.1) is 36.3 Å². The number of aryl methyl sites for hydroxylation is 2. The molecule has 8 heterocycles. The van der Waals surface area contributed by atoms with Gasteiger partial charge in [-0.3, -0.25) is 0 Å². The van der Waals surface area contributed by atoms with Crippen LogP contribution < -0.4 is 28.4 Å². The van der Waals surface area contributed by atoms with Crippen LogP contribution in [0.4, 0.5) is 0 Å². The second-order valence-corrected chi connectivity index (χ2v) is 13.9. The average molecular weight is 593 g/mol. The second kappa shape index (κ2) is 9.16. The van der Waals surface area contributed by atoms with Crippen molar-refractivity contribution in [2.24, 2.45) is 0 Å². The Kier molecular flexibility index (Phi) is 5.69. The Bertz CT molecular complexity index is 1470. The summed E-state index contributed by atoms with van der Waals surface area (Å²) < 4.78 is 49.2. The molecule has 5 aliphatic heterocycles. The lowest BCUT2D eigenvalue weighted by Gasteiger charge is -2.27. The van der Waals surface area contributed by atoms with E-state index in [1.165, 1.54) is 0 Å². The van der Waals surface area contributed by atoms with Gasteiger partial charge >= 0.3 is 0 Å². The smallest absolute Gasteiger partial charge is 0.181 e. The van der Waals surface area contributed by atoms with E-state index in [-0.39, 0.29) is 11.4 Å². The van der Waals surface area contributed by atoms with Crippen LogP contribution in [0.25, 0.3) is 14.7 Å². The fourth-order valence-corrected chi connectivity index (χ4v) is 10.5. The summed E-state index contributed by atoms with van der Waals surface area (Å²) in [6.45, 7) is 8.42. The molecule has 38 heavy (non-hydrogen) atoms. The third kappa shape index (κ3) is 3.50. The minimum atomic E-state index is -0.212. The van der Waals surface area contributed by atoms with Crippen LogP contribution in [0, 0.1) is 13.8 Å². The summed E-state index contributed by atoms with van der Waals surface area (Å²) in [5.74, 6) is 5.72. The summed E-state index contributed by atoms with van der Waals surface area (Å²) in [4.78, 5) is 7.40. The van der Waals surface area contributed by atoms with Gasteiger partial charge in [-0.15, -0.1) is 45.8 Å². The topological polar surface area (TPSA) is 73.8 Å². The first-order chi connectivity index (χ1) is 18.7. The molecular formula is C26H24O8S4. The van der Waals surface area contributed by atoms with Gasteiger partial charge in [0.1, 0.15) is 58.1 Å². The number of rotatable bonds is 3. The quantitative estimate of drug-likeness (QED) is 0.362. The van der Waals surface area contributed by atoms with Crippen LogP contribution in [0.2, 0.25) is 0 Å². The number of thioether (sulfide) groups is 1. The average Bonchev–Trinajstić information content (AvgIpc) is 3.70. The molecule has 12 heteroatoms. The molecule has 8 rings (SSSR count). The van der Waals surface area contributed by atoms with Gasteiger partial charge < -0.3 is 37.9 Å². The van der Waals surface area contributed by atoms with E-state index in [0.29, 0.717) is 52.9 Å². The van der Waals surface area contributed by atoms with Crippen LogP contribution in [0.15, 0.2) is 5.76 Å². The van der Waals surface area contributed by atoms with E-state index in [2.05, 4.69) is 13.8 Å². The number of hydrogen-bond donors (Lipinski definition) is 0. The molecule has 3 aromatic rings. The molecule has 1 fully saturated rings. The molecule has 0 saturated carbocycles. The summed E-state index contributed by atoms with van der Waals surface area (Å²) in [6, 6.07) is 0.